The summed E-state index contributed by atoms with van der Waals surface area (Å²) in [6, 6.07) is 6.01. The Bertz CT molecular complexity index is 747. The van der Waals surface area contributed by atoms with Crippen LogP contribution in [0.3, 0.4) is 0 Å². The number of thiocarbonyl (C=S) groups is 1. The van der Waals surface area contributed by atoms with Gasteiger partial charge in [0.25, 0.3) is 11.8 Å². The van der Waals surface area contributed by atoms with Gasteiger partial charge in [-0.3, -0.25) is 19.8 Å². The molecule has 0 saturated carbocycles. The Kier molecular flexibility index (Phi) is 4.87. The van der Waals surface area contributed by atoms with Gasteiger partial charge in [-0.2, -0.15) is 0 Å². The highest BCUT2D eigenvalue weighted by molar-refractivity contribution is 7.80. The van der Waals surface area contributed by atoms with Crippen LogP contribution in [0.4, 0.5) is 5.69 Å². The van der Waals surface area contributed by atoms with E-state index in [1.54, 1.807) is 13.1 Å². The molecule has 1 fully saturated rings. The quantitative estimate of drug-likeness (QED) is 0.384. The van der Waals surface area contributed by atoms with Crippen molar-refractivity contribution in [1.82, 2.24) is 10.2 Å². The normalized spacial score (nSPS) is 19.1. The molecular weight excluding hydrogens is 346 g/mol. The predicted molar refractivity (Wildman–Crippen MR) is 99.2 cm³/mol. The molecule has 126 valence electrons. The van der Waals surface area contributed by atoms with Crippen molar-refractivity contribution in [2.45, 2.75) is 12.8 Å². The predicted octanol–water partition coefficient (Wildman–Crippen LogP) is 1.93. The van der Waals surface area contributed by atoms with E-state index in [1.165, 1.54) is 16.2 Å². The van der Waals surface area contributed by atoms with E-state index in [-0.39, 0.29) is 16.6 Å². The number of carbonyl (C=O) groups is 2. The Labute approximate surface area is 151 Å². The molecule has 5 nitrogen and oxygen atoms in total. The van der Waals surface area contributed by atoms with E-state index < -0.39 is 5.91 Å². The van der Waals surface area contributed by atoms with Gasteiger partial charge in [0.2, 0.25) is 0 Å². The molecule has 2 aliphatic rings. The average molecular weight is 364 g/mol. The summed E-state index contributed by atoms with van der Waals surface area (Å²) in [5.41, 5.74) is 3.38. The molecule has 1 aromatic carbocycles. The van der Waals surface area contributed by atoms with Gasteiger partial charge in [-0.25, -0.2) is 0 Å². The number of anilines is 1. The molecule has 0 spiro atoms. The van der Waals surface area contributed by atoms with Crippen LogP contribution in [0.1, 0.15) is 17.5 Å². The number of hydrogen-bond donors (Lipinski definition) is 1. The zero-order chi connectivity index (χ0) is 17.3. The first-order valence-electron chi connectivity index (χ1n) is 7.80. The summed E-state index contributed by atoms with van der Waals surface area (Å²) in [5.74, 6) is -0.178. The Balaban J connectivity index is 1.85. The molecule has 3 rings (SSSR count). The van der Waals surface area contributed by atoms with E-state index in [0.29, 0.717) is 5.88 Å². The minimum absolute atomic E-state index is 0.100. The Hall–Kier alpha value is -1.92. The van der Waals surface area contributed by atoms with Crippen LogP contribution in [0.15, 0.2) is 23.8 Å². The van der Waals surface area contributed by atoms with Gasteiger partial charge in [-0.1, -0.05) is 6.07 Å². The molecule has 2 amide bonds. The topological polar surface area (TPSA) is 52.7 Å². The number of fused-ring (bicyclic) bond motifs is 1. The van der Waals surface area contributed by atoms with E-state index in [2.05, 4.69) is 10.2 Å². The summed E-state index contributed by atoms with van der Waals surface area (Å²) in [5, 5.41) is 2.65. The molecule has 2 aliphatic heterocycles. The van der Waals surface area contributed by atoms with Gasteiger partial charge in [-0.05, 0) is 54.4 Å². The fraction of sp³-hybridized carbons (Fsp3) is 0.353. The van der Waals surface area contributed by atoms with E-state index in [0.717, 1.165) is 31.5 Å². The van der Waals surface area contributed by atoms with E-state index in [4.69, 9.17) is 23.8 Å². The van der Waals surface area contributed by atoms with Gasteiger partial charge in [0.15, 0.2) is 5.11 Å². The van der Waals surface area contributed by atoms with E-state index in [1.807, 2.05) is 18.2 Å². The fourth-order valence-corrected chi connectivity index (χ4v) is 3.27. The number of halogens is 1. The summed E-state index contributed by atoms with van der Waals surface area (Å²) < 4.78 is 0. The molecular formula is C17H18ClN3O2S. The van der Waals surface area contributed by atoms with Gasteiger partial charge in [0, 0.05) is 31.7 Å². The Morgan fingerprint density at radius 1 is 1.38 bits per heavy atom. The fourth-order valence-electron chi connectivity index (χ4n) is 2.97. The van der Waals surface area contributed by atoms with Crippen molar-refractivity contribution in [2.24, 2.45) is 0 Å². The highest BCUT2D eigenvalue weighted by Crippen LogP contribution is 2.29. The number of alkyl halides is 1. The summed E-state index contributed by atoms with van der Waals surface area (Å²) in [4.78, 5) is 27.9. The molecule has 24 heavy (non-hydrogen) atoms. The van der Waals surface area contributed by atoms with Crippen LogP contribution in [0, 0.1) is 0 Å². The second-order valence-corrected chi connectivity index (χ2v) is 6.61. The smallest absolute Gasteiger partial charge is 0.265 e. The van der Waals surface area contributed by atoms with Crippen LogP contribution in [0.25, 0.3) is 6.08 Å². The zero-order valence-corrected chi connectivity index (χ0v) is 14.9. The molecule has 1 saturated heterocycles. The highest BCUT2D eigenvalue weighted by Gasteiger charge is 2.30. The van der Waals surface area contributed by atoms with Crippen LogP contribution < -0.4 is 10.2 Å². The molecule has 0 unspecified atom stereocenters. The van der Waals surface area contributed by atoms with Crippen LogP contribution in [0.2, 0.25) is 0 Å². The van der Waals surface area contributed by atoms with Crippen LogP contribution in [-0.4, -0.2) is 47.8 Å². The molecule has 0 bridgehead atoms. The van der Waals surface area contributed by atoms with Gasteiger partial charge >= 0.3 is 0 Å². The summed E-state index contributed by atoms with van der Waals surface area (Å²) in [6.45, 7) is 1.92. The van der Waals surface area contributed by atoms with Gasteiger partial charge in [0.1, 0.15) is 5.57 Å². The number of hydrogen-bond acceptors (Lipinski definition) is 4. The van der Waals surface area contributed by atoms with Gasteiger partial charge < -0.3 is 4.90 Å². The monoisotopic (exact) mass is 363 g/mol. The first-order chi connectivity index (χ1) is 11.5. The van der Waals surface area contributed by atoms with Gasteiger partial charge in [0.05, 0.1) is 0 Å². The number of carbonyl (C=O) groups excluding carboxylic acids is 2. The van der Waals surface area contributed by atoms with Crippen LogP contribution in [0.5, 0.6) is 0 Å². The number of rotatable bonds is 4. The molecule has 0 aromatic heterocycles. The standard InChI is InChI=1S/C17H18ClN3O2S/c1-20-16(23)13(15(22)19-17(20)24)10-11-3-4-14-12(9-11)5-8-21(14)7-2-6-18/h3-4,9-10H,2,5-8H2,1H3,(H,19,22,24)/b13-10+. The minimum atomic E-state index is -0.452. The van der Waals surface area contributed by atoms with Crippen molar-refractivity contribution in [3.63, 3.8) is 0 Å². The second kappa shape index (κ2) is 6.91. The third-order valence-corrected chi connectivity index (χ3v) is 4.92. The van der Waals surface area contributed by atoms with Crippen molar-refractivity contribution in [1.29, 1.82) is 0 Å². The van der Waals surface area contributed by atoms with Crippen molar-refractivity contribution < 1.29 is 9.59 Å². The largest absolute Gasteiger partial charge is 0.371 e. The molecule has 1 N–H and O–H groups in total. The van der Waals surface area contributed by atoms with Crippen molar-refractivity contribution in [3.05, 3.63) is 34.9 Å². The molecule has 0 atom stereocenters. The molecule has 1 aromatic rings. The lowest BCUT2D eigenvalue weighted by molar-refractivity contribution is -0.128. The molecule has 2 heterocycles. The summed E-state index contributed by atoms with van der Waals surface area (Å²) >= 11 is 10.7. The van der Waals surface area contributed by atoms with Crippen molar-refractivity contribution >= 4 is 52.5 Å². The molecule has 0 radical (unpaired) electrons. The van der Waals surface area contributed by atoms with E-state index in [9.17, 15) is 9.59 Å². The first kappa shape index (κ1) is 16.9. The Morgan fingerprint density at radius 2 is 2.17 bits per heavy atom. The number of nitrogens with zero attached hydrogens (tertiary/aromatic N) is 2. The average Bonchev–Trinajstić information content (AvgIpc) is 2.97. The SMILES string of the molecule is CN1C(=O)/C(=C/c2ccc3c(c2)CCN3CCCCl)C(=O)NC1=S. The van der Waals surface area contributed by atoms with Crippen LogP contribution >= 0.6 is 23.8 Å². The zero-order valence-electron chi connectivity index (χ0n) is 13.3. The lowest BCUT2D eigenvalue weighted by atomic mass is 10.0. The number of nitrogens with one attached hydrogen (secondary N) is 1. The molecule has 0 aliphatic carbocycles. The first-order valence-corrected chi connectivity index (χ1v) is 8.74. The minimum Gasteiger partial charge on any atom is -0.371 e. The lowest BCUT2D eigenvalue weighted by Gasteiger charge is -2.25. The summed E-state index contributed by atoms with van der Waals surface area (Å²) in [7, 11) is 1.55. The number of amides is 2. The summed E-state index contributed by atoms with van der Waals surface area (Å²) in [6.07, 6.45) is 3.53. The maximum atomic E-state index is 12.2. The van der Waals surface area contributed by atoms with Gasteiger partial charge in [-0.15, -0.1) is 11.6 Å². The maximum absolute atomic E-state index is 12.2. The van der Waals surface area contributed by atoms with Crippen LogP contribution in [-0.2, 0) is 16.0 Å². The maximum Gasteiger partial charge on any atom is 0.265 e. The Morgan fingerprint density at radius 3 is 2.92 bits per heavy atom. The van der Waals surface area contributed by atoms with Crippen molar-refractivity contribution in [2.75, 3.05) is 30.9 Å². The van der Waals surface area contributed by atoms with E-state index >= 15 is 0 Å². The number of likely N-dealkylation sites (N-methyl/N-ethyl adjacent to an activating group) is 1. The third-order valence-electron chi connectivity index (χ3n) is 4.27. The van der Waals surface area contributed by atoms with Crippen molar-refractivity contribution in [3.8, 4) is 0 Å². The lowest BCUT2D eigenvalue weighted by Crippen LogP contribution is -2.52. The molecule has 7 heteroatoms. The third kappa shape index (κ3) is 3.16. The number of benzene rings is 1. The second-order valence-electron chi connectivity index (χ2n) is 5.85. The highest BCUT2D eigenvalue weighted by atomic mass is 35.5.